The molecule has 5 heteroatoms. The SMILES string of the molecule is CCCSc1nc(N2C[C@H]3C[C@H]3C2)ccc1C(=O)NC1C2CC3CC(C2)CC1C3. The third kappa shape index (κ3) is 3.37. The first-order chi connectivity index (χ1) is 14.2. The van der Waals surface area contributed by atoms with E-state index < -0.39 is 0 Å². The lowest BCUT2D eigenvalue weighted by Gasteiger charge is -2.54. The number of thioether (sulfide) groups is 1. The average molecular weight is 412 g/mol. The van der Waals surface area contributed by atoms with E-state index in [0.29, 0.717) is 17.9 Å². The molecule has 4 nitrogen and oxygen atoms in total. The highest BCUT2D eigenvalue weighted by molar-refractivity contribution is 7.99. The number of fused-ring (bicyclic) bond motifs is 1. The molecule has 1 aromatic rings. The minimum absolute atomic E-state index is 0.115. The predicted molar refractivity (Wildman–Crippen MR) is 117 cm³/mol. The molecular formula is C24H33N3OS. The minimum atomic E-state index is 0.115. The number of anilines is 1. The molecular weight excluding hydrogens is 378 g/mol. The van der Waals surface area contributed by atoms with Gasteiger partial charge in [-0.1, -0.05) is 6.92 Å². The highest BCUT2D eigenvalue weighted by Crippen LogP contribution is 2.53. The van der Waals surface area contributed by atoms with Crippen LogP contribution in [0.5, 0.6) is 0 Å². The number of nitrogens with zero attached hydrogens (tertiary/aromatic N) is 2. The van der Waals surface area contributed by atoms with Crippen LogP contribution >= 0.6 is 11.8 Å². The average Bonchev–Trinajstić information content (AvgIpc) is 3.33. The number of nitrogens with one attached hydrogen (secondary N) is 1. The van der Waals surface area contributed by atoms with Crippen LogP contribution in [0.1, 0.15) is 62.2 Å². The van der Waals surface area contributed by atoms with E-state index in [1.54, 1.807) is 11.8 Å². The lowest BCUT2D eigenvalue weighted by atomic mass is 9.54. The van der Waals surface area contributed by atoms with E-state index in [2.05, 4.69) is 29.3 Å². The van der Waals surface area contributed by atoms with Crippen LogP contribution in [0.15, 0.2) is 17.2 Å². The molecule has 6 aliphatic rings. The molecule has 2 heterocycles. The van der Waals surface area contributed by atoms with Gasteiger partial charge in [-0.25, -0.2) is 4.98 Å². The molecule has 4 bridgehead atoms. The van der Waals surface area contributed by atoms with Crippen LogP contribution in [0.3, 0.4) is 0 Å². The van der Waals surface area contributed by atoms with Gasteiger partial charge in [0.1, 0.15) is 10.8 Å². The topological polar surface area (TPSA) is 45.2 Å². The lowest BCUT2D eigenvalue weighted by molar-refractivity contribution is -0.0120. The maximum absolute atomic E-state index is 13.3. The van der Waals surface area contributed by atoms with E-state index in [9.17, 15) is 4.79 Å². The normalized spacial score (nSPS) is 38.9. The molecule has 156 valence electrons. The van der Waals surface area contributed by atoms with E-state index in [1.165, 1.54) is 38.5 Å². The third-order valence-electron chi connectivity index (χ3n) is 8.36. The van der Waals surface area contributed by atoms with Gasteiger partial charge in [0.2, 0.25) is 0 Å². The molecule has 1 N–H and O–H groups in total. The van der Waals surface area contributed by atoms with Crippen molar-refractivity contribution in [2.45, 2.75) is 62.9 Å². The summed E-state index contributed by atoms with van der Waals surface area (Å²) < 4.78 is 0. The number of piperidine rings is 1. The Morgan fingerprint density at radius 1 is 1.03 bits per heavy atom. The van der Waals surface area contributed by atoms with Crippen molar-refractivity contribution in [2.24, 2.45) is 35.5 Å². The van der Waals surface area contributed by atoms with Crippen molar-refractivity contribution in [1.82, 2.24) is 10.3 Å². The zero-order valence-electron chi connectivity index (χ0n) is 17.5. The van der Waals surface area contributed by atoms with Gasteiger partial charge in [0, 0.05) is 19.1 Å². The summed E-state index contributed by atoms with van der Waals surface area (Å²) >= 11 is 1.75. The van der Waals surface area contributed by atoms with Crippen LogP contribution in [-0.2, 0) is 0 Å². The second-order valence-electron chi connectivity index (χ2n) is 10.5. The van der Waals surface area contributed by atoms with Crippen LogP contribution in [-0.4, -0.2) is 35.8 Å². The van der Waals surface area contributed by atoms with Crippen molar-refractivity contribution in [3.05, 3.63) is 17.7 Å². The number of rotatable bonds is 6. The second kappa shape index (κ2) is 7.18. The summed E-state index contributed by atoms with van der Waals surface area (Å²) in [5, 5.41) is 4.43. The van der Waals surface area contributed by atoms with Crippen LogP contribution in [0.2, 0.25) is 0 Å². The fraction of sp³-hybridized carbons (Fsp3) is 0.750. The maximum Gasteiger partial charge on any atom is 0.254 e. The number of amides is 1. The fourth-order valence-electron chi connectivity index (χ4n) is 7.06. The molecule has 1 aromatic heterocycles. The molecule has 29 heavy (non-hydrogen) atoms. The van der Waals surface area contributed by atoms with E-state index in [1.807, 2.05) is 0 Å². The summed E-state index contributed by atoms with van der Waals surface area (Å²) in [5.74, 6) is 7.29. The Bertz CT molecular complexity index is 773. The van der Waals surface area contributed by atoms with Crippen molar-refractivity contribution in [3.63, 3.8) is 0 Å². The van der Waals surface area contributed by atoms with Crippen molar-refractivity contribution in [3.8, 4) is 0 Å². The highest BCUT2D eigenvalue weighted by Gasteiger charge is 2.49. The van der Waals surface area contributed by atoms with Gasteiger partial charge < -0.3 is 10.2 Å². The van der Waals surface area contributed by atoms with Gasteiger partial charge in [0.25, 0.3) is 5.91 Å². The van der Waals surface area contributed by atoms with Crippen molar-refractivity contribution in [1.29, 1.82) is 0 Å². The molecule has 0 aromatic carbocycles. The molecule has 5 aliphatic carbocycles. The number of aromatic nitrogens is 1. The summed E-state index contributed by atoms with van der Waals surface area (Å²) in [6.07, 6.45) is 9.30. The molecule has 0 radical (unpaired) electrons. The standard InChI is InChI=1S/C24H33N3OS/c1-2-5-29-24-20(3-4-21(25-24)27-12-18-11-19(18)13-27)23(28)26-22-16-7-14-6-15(9-16)10-17(22)8-14/h3-4,14-19,22H,2,5-13H2,1H3,(H,26,28)/t14?,15?,16?,17?,18-,19+,22?. The van der Waals surface area contributed by atoms with Crippen LogP contribution in [0.4, 0.5) is 5.82 Å². The van der Waals surface area contributed by atoms with Crippen molar-refractivity contribution >= 4 is 23.5 Å². The fourth-order valence-corrected chi connectivity index (χ4v) is 7.94. The first kappa shape index (κ1) is 18.5. The van der Waals surface area contributed by atoms with E-state index in [-0.39, 0.29) is 5.91 Å². The maximum atomic E-state index is 13.3. The Hall–Kier alpha value is -1.23. The van der Waals surface area contributed by atoms with E-state index in [0.717, 1.165) is 65.3 Å². The molecule has 2 atom stereocenters. The molecule has 5 saturated carbocycles. The second-order valence-corrected chi connectivity index (χ2v) is 11.5. The Balaban J connectivity index is 1.21. The van der Waals surface area contributed by atoms with Crippen molar-refractivity contribution < 1.29 is 4.79 Å². The first-order valence-corrected chi connectivity index (χ1v) is 12.9. The molecule has 1 saturated heterocycles. The monoisotopic (exact) mass is 411 g/mol. The number of carbonyl (C=O) groups excluding carboxylic acids is 1. The van der Waals surface area contributed by atoms with Crippen LogP contribution in [0.25, 0.3) is 0 Å². The molecule has 1 aliphatic heterocycles. The lowest BCUT2D eigenvalue weighted by Crippen LogP contribution is -2.55. The Morgan fingerprint density at radius 3 is 2.38 bits per heavy atom. The van der Waals surface area contributed by atoms with Gasteiger partial charge in [-0.05, 0) is 98.3 Å². The zero-order chi connectivity index (χ0) is 19.5. The number of carbonyl (C=O) groups is 1. The summed E-state index contributed by atoms with van der Waals surface area (Å²) in [7, 11) is 0. The van der Waals surface area contributed by atoms with Gasteiger partial charge in [0.15, 0.2) is 0 Å². The summed E-state index contributed by atoms with van der Waals surface area (Å²) in [6.45, 7) is 4.49. The molecule has 6 fully saturated rings. The highest BCUT2D eigenvalue weighted by atomic mass is 32.2. The van der Waals surface area contributed by atoms with Crippen molar-refractivity contribution in [2.75, 3.05) is 23.7 Å². The van der Waals surface area contributed by atoms with Gasteiger partial charge in [-0.3, -0.25) is 4.79 Å². The first-order valence-electron chi connectivity index (χ1n) is 11.9. The van der Waals surface area contributed by atoms with E-state index >= 15 is 0 Å². The zero-order valence-corrected chi connectivity index (χ0v) is 18.3. The summed E-state index contributed by atoms with van der Waals surface area (Å²) in [6, 6.07) is 4.53. The minimum Gasteiger partial charge on any atom is -0.356 e. The molecule has 1 amide bonds. The largest absolute Gasteiger partial charge is 0.356 e. The predicted octanol–water partition coefficient (Wildman–Crippen LogP) is 4.59. The smallest absolute Gasteiger partial charge is 0.254 e. The Labute approximate surface area is 178 Å². The van der Waals surface area contributed by atoms with Gasteiger partial charge in [-0.2, -0.15) is 0 Å². The van der Waals surface area contributed by atoms with Gasteiger partial charge >= 0.3 is 0 Å². The van der Waals surface area contributed by atoms with Gasteiger partial charge in [-0.15, -0.1) is 11.8 Å². The Morgan fingerprint density at radius 2 is 1.72 bits per heavy atom. The summed E-state index contributed by atoms with van der Waals surface area (Å²) in [4.78, 5) is 20.7. The third-order valence-corrected chi connectivity index (χ3v) is 9.56. The van der Waals surface area contributed by atoms with Crippen LogP contribution < -0.4 is 10.2 Å². The number of hydrogen-bond donors (Lipinski definition) is 1. The van der Waals surface area contributed by atoms with Crippen LogP contribution in [0, 0.1) is 35.5 Å². The summed E-state index contributed by atoms with van der Waals surface area (Å²) in [5.41, 5.74) is 0.797. The van der Waals surface area contributed by atoms with Gasteiger partial charge in [0.05, 0.1) is 5.56 Å². The Kier molecular flexibility index (Phi) is 4.59. The number of pyridine rings is 1. The molecule has 0 spiro atoms. The molecule has 0 unspecified atom stereocenters. The number of hydrogen-bond acceptors (Lipinski definition) is 4. The van der Waals surface area contributed by atoms with E-state index in [4.69, 9.17) is 4.98 Å². The molecule has 7 rings (SSSR count). The quantitative estimate of drug-likeness (QED) is 0.695.